The number of aliphatic hydroxyl groups is 1. The molecule has 0 spiro atoms. The molecule has 100 valence electrons. The normalized spacial score (nSPS) is 22.0. The molecular weight excluding hydrogens is 298 g/mol. The first-order valence-electron chi connectivity index (χ1n) is 5.20. The number of nitrogens with zero attached hydrogens (tertiary/aromatic N) is 1. The van der Waals surface area contributed by atoms with E-state index in [-0.39, 0.29) is 28.8 Å². The predicted molar refractivity (Wildman–Crippen MR) is 70.3 cm³/mol. The van der Waals surface area contributed by atoms with Gasteiger partial charge in [0.2, 0.25) is 10.0 Å². The maximum absolute atomic E-state index is 12.3. The third-order valence-corrected chi connectivity index (χ3v) is 5.89. The highest BCUT2D eigenvalue weighted by Crippen LogP contribution is 2.33. The van der Waals surface area contributed by atoms with E-state index in [1.54, 1.807) is 0 Å². The molecule has 5 nitrogen and oxygen atoms in total. The van der Waals surface area contributed by atoms with Gasteiger partial charge in [0.05, 0.1) is 5.02 Å². The van der Waals surface area contributed by atoms with Gasteiger partial charge in [-0.3, -0.25) is 0 Å². The Bertz CT molecular complexity index is 529. The third-order valence-electron chi connectivity index (χ3n) is 2.55. The van der Waals surface area contributed by atoms with Gasteiger partial charge in [0.1, 0.15) is 16.1 Å². The van der Waals surface area contributed by atoms with Crippen molar-refractivity contribution in [1.29, 1.82) is 0 Å². The van der Waals surface area contributed by atoms with Crippen molar-refractivity contribution in [2.24, 2.45) is 0 Å². The number of aliphatic hydroxyl groups excluding tert-OH is 1. The number of benzene rings is 1. The van der Waals surface area contributed by atoms with Gasteiger partial charge in [-0.1, -0.05) is 17.7 Å². The molecule has 1 aromatic carbocycles. The minimum absolute atomic E-state index is 0.00232. The van der Waals surface area contributed by atoms with Crippen LogP contribution in [0.25, 0.3) is 0 Å². The van der Waals surface area contributed by atoms with Crippen molar-refractivity contribution in [2.75, 3.05) is 18.8 Å². The first-order chi connectivity index (χ1) is 8.43. The van der Waals surface area contributed by atoms with Crippen LogP contribution in [0.4, 0.5) is 0 Å². The molecule has 1 heterocycles. The number of phenols is 1. The summed E-state index contributed by atoms with van der Waals surface area (Å²) in [6.07, 6.45) is 0. The molecular formula is C10H12ClNO4S2. The molecule has 8 heteroatoms. The molecule has 18 heavy (non-hydrogen) atoms. The highest BCUT2D eigenvalue weighted by atomic mass is 35.5. The first-order valence-corrected chi connectivity index (χ1v) is 8.07. The number of β-amino-alcohol motifs (C(OH)–C–C–N with tert-alkyl or cyclic N) is 1. The second-order valence-corrected chi connectivity index (χ2v) is 7.34. The Morgan fingerprint density at radius 2 is 2.17 bits per heavy atom. The van der Waals surface area contributed by atoms with Gasteiger partial charge in [-0.2, -0.15) is 4.31 Å². The quantitative estimate of drug-likeness (QED) is 0.855. The second-order valence-electron chi connectivity index (χ2n) is 3.78. The molecule has 1 unspecified atom stereocenters. The van der Waals surface area contributed by atoms with Crippen molar-refractivity contribution in [1.82, 2.24) is 4.31 Å². The first kappa shape index (κ1) is 14.0. The van der Waals surface area contributed by atoms with Gasteiger partial charge in [-0.15, -0.1) is 11.8 Å². The number of halogens is 1. The lowest BCUT2D eigenvalue weighted by atomic mass is 10.3. The van der Waals surface area contributed by atoms with E-state index in [0.29, 0.717) is 5.75 Å². The van der Waals surface area contributed by atoms with Crippen molar-refractivity contribution in [3.63, 3.8) is 0 Å². The third kappa shape index (κ3) is 2.60. The van der Waals surface area contributed by atoms with E-state index in [1.165, 1.54) is 30.0 Å². The van der Waals surface area contributed by atoms with Crippen molar-refractivity contribution >= 4 is 33.4 Å². The van der Waals surface area contributed by atoms with E-state index in [1.807, 2.05) is 0 Å². The predicted octanol–water partition coefficient (Wildman–Crippen LogP) is 1.10. The number of hydrogen-bond donors (Lipinski definition) is 2. The van der Waals surface area contributed by atoms with Crippen LogP contribution in [-0.4, -0.2) is 47.2 Å². The van der Waals surface area contributed by atoms with Crippen LogP contribution < -0.4 is 0 Å². The summed E-state index contributed by atoms with van der Waals surface area (Å²) in [6.45, 7) is 0.284. The second kappa shape index (κ2) is 5.26. The molecule has 2 rings (SSSR count). The van der Waals surface area contributed by atoms with E-state index < -0.39 is 15.5 Å². The number of thioether (sulfide) groups is 1. The molecule has 0 amide bonds. The molecule has 0 aliphatic carbocycles. The summed E-state index contributed by atoms with van der Waals surface area (Å²) in [7, 11) is -3.88. The SMILES string of the molecule is O=S(=O)(c1c(O)cccc1Cl)N1CCSC(O)C1. The zero-order valence-corrected chi connectivity index (χ0v) is 11.7. The monoisotopic (exact) mass is 309 g/mol. The lowest BCUT2D eigenvalue weighted by Gasteiger charge is -2.29. The van der Waals surface area contributed by atoms with E-state index in [2.05, 4.69) is 0 Å². The summed E-state index contributed by atoms with van der Waals surface area (Å²) < 4.78 is 25.8. The van der Waals surface area contributed by atoms with Gasteiger partial charge in [0, 0.05) is 18.8 Å². The van der Waals surface area contributed by atoms with Crippen LogP contribution in [0.3, 0.4) is 0 Å². The Morgan fingerprint density at radius 3 is 2.78 bits per heavy atom. The van der Waals surface area contributed by atoms with Crippen molar-refractivity contribution in [2.45, 2.75) is 10.3 Å². The fourth-order valence-corrected chi connectivity index (χ4v) is 4.84. The van der Waals surface area contributed by atoms with Crippen LogP contribution in [0.15, 0.2) is 23.1 Å². The molecule has 1 saturated heterocycles. The molecule has 1 aliphatic rings. The molecule has 2 N–H and O–H groups in total. The van der Waals surface area contributed by atoms with E-state index in [0.717, 1.165) is 4.31 Å². The molecule has 0 radical (unpaired) electrons. The Hall–Kier alpha value is -0.470. The Balaban J connectivity index is 2.42. The minimum atomic E-state index is -3.88. The van der Waals surface area contributed by atoms with Crippen LogP contribution in [0.1, 0.15) is 0 Å². The van der Waals surface area contributed by atoms with Crippen molar-refractivity contribution < 1.29 is 18.6 Å². The molecule has 0 saturated carbocycles. The Kier molecular flexibility index (Phi) is 4.08. The molecule has 1 aromatic rings. The number of sulfonamides is 1. The van der Waals surface area contributed by atoms with Gasteiger partial charge in [-0.05, 0) is 12.1 Å². The lowest BCUT2D eigenvalue weighted by molar-refractivity contribution is 0.218. The largest absolute Gasteiger partial charge is 0.506 e. The Morgan fingerprint density at radius 1 is 1.44 bits per heavy atom. The summed E-state index contributed by atoms with van der Waals surface area (Å²) in [5.41, 5.74) is -0.752. The number of rotatable bonds is 2. The maximum atomic E-state index is 12.3. The molecule has 0 bridgehead atoms. The topological polar surface area (TPSA) is 77.8 Å². The number of hydrogen-bond acceptors (Lipinski definition) is 5. The van der Waals surface area contributed by atoms with Crippen LogP contribution in [0, 0.1) is 0 Å². The van der Waals surface area contributed by atoms with E-state index >= 15 is 0 Å². The number of phenolic OH excluding ortho intramolecular Hbond substituents is 1. The molecule has 1 fully saturated rings. The van der Waals surface area contributed by atoms with Crippen LogP contribution in [0.2, 0.25) is 5.02 Å². The van der Waals surface area contributed by atoms with Crippen molar-refractivity contribution in [3.05, 3.63) is 23.2 Å². The lowest BCUT2D eigenvalue weighted by Crippen LogP contribution is -2.41. The van der Waals surface area contributed by atoms with E-state index in [9.17, 15) is 18.6 Å². The minimum Gasteiger partial charge on any atom is -0.506 e. The van der Waals surface area contributed by atoms with Crippen LogP contribution in [-0.2, 0) is 10.0 Å². The fraction of sp³-hybridized carbons (Fsp3) is 0.400. The molecule has 0 aromatic heterocycles. The zero-order valence-electron chi connectivity index (χ0n) is 9.28. The van der Waals surface area contributed by atoms with Gasteiger partial charge >= 0.3 is 0 Å². The van der Waals surface area contributed by atoms with Gasteiger partial charge in [0.15, 0.2) is 0 Å². The standard InChI is InChI=1S/C10H12ClNO4S2/c11-7-2-1-3-8(13)10(7)18(15,16)12-4-5-17-9(14)6-12/h1-3,9,13-14H,4-6H2. The summed E-state index contributed by atoms with van der Waals surface area (Å²) in [5, 5.41) is 19.1. The van der Waals surface area contributed by atoms with Crippen molar-refractivity contribution in [3.8, 4) is 5.75 Å². The average molecular weight is 310 g/mol. The van der Waals surface area contributed by atoms with Gasteiger partial charge in [-0.25, -0.2) is 8.42 Å². The zero-order chi connectivity index (χ0) is 13.3. The van der Waals surface area contributed by atoms with Gasteiger partial charge < -0.3 is 10.2 Å². The summed E-state index contributed by atoms with van der Waals surface area (Å²) in [6, 6.07) is 4.15. The summed E-state index contributed by atoms with van der Waals surface area (Å²) in [4.78, 5) is -0.300. The summed E-state index contributed by atoms with van der Waals surface area (Å²) >= 11 is 7.13. The smallest absolute Gasteiger partial charge is 0.248 e. The summed E-state index contributed by atoms with van der Waals surface area (Å²) in [5.74, 6) is 0.126. The fourth-order valence-electron chi connectivity index (χ4n) is 1.71. The molecule has 1 aliphatic heterocycles. The van der Waals surface area contributed by atoms with Crippen LogP contribution in [0.5, 0.6) is 5.75 Å². The Labute approximate surface area is 114 Å². The highest BCUT2D eigenvalue weighted by molar-refractivity contribution is 8.00. The average Bonchev–Trinajstić information content (AvgIpc) is 2.28. The van der Waals surface area contributed by atoms with Gasteiger partial charge in [0.25, 0.3) is 0 Å². The van der Waals surface area contributed by atoms with E-state index in [4.69, 9.17) is 11.6 Å². The molecule has 1 atom stereocenters. The number of aromatic hydroxyl groups is 1. The maximum Gasteiger partial charge on any atom is 0.248 e. The van der Waals surface area contributed by atoms with Crippen LogP contribution >= 0.6 is 23.4 Å². The highest BCUT2D eigenvalue weighted by Gasteiger charge is 2.33.